The zero-order chi connectivity index (χ0) is 49.2. The highest BCUT2D eigenvalue weighted by molar-refractivity contribution is 6.39. The molecule has 1 aromatic carbocycles. The van der Waals surface area contributed by atoms with E-state index in [1.807, 2.05) is 69.3 Å². The highest BCUT2D eigenvalue weighted by atomic mass is 16.7. The van der Waals surface area contributed by atoms with E-state index in [-0.39, 0.29) is 43.4 Å². The van der Waals surface area contributed by atoms with Crippen LogP contribution in [0.1, 0.15) is 124 Å². The zero-order valence-corrected chi connectivity index (χ0v) is 41.6. The second kappa shape index (κ2) is 24.2. The number of cyclic esters (lactones) is 1. The number of benzene rings is 1. The second-order valence-electron chi connectivity index (χ2n) is 20.0. The average molecular weight is 938 g/mol. The monoisotopic (exact) mass is 938 g/mol. The minimum Gasteiger partial charge on any atom is -0.497 e. The Bertz CT molecular complexity index is 1950. The van der Waals surface area contributed by atoms with Crippen molar-refractivity contribution in [2.24, 2.45) is 29.6 Å². The maximum atomic E-state index is 14.5. The first-order chi connectivity index (χ1) is 31.8. The van der Waals surface area contributed by atoms with Gasteiger partial charge in [0.2, 0.25) is 5.79 Å². The Hall–Kier alpha value is -3.76. The predicted octanol–water partition coefficient (Wildman–Crippen LogP) is 6.96. The number of rotatable bonds is 10. The molecule has 0 aromatic heterocycles. The van der Waals surface area contributed by atoms with Crippen LogP contribution in [0.5, 0.6) is 5.75 Å². The molecule has 3 aliphatic heterocycles. The fraction of sp³-hybridized carbons (Fsp3) is 0.698. The number of esters is 1. The van der Waals surface area contributed by atoms with Gasteiger partial charge in [-0.15, -0.1) is 0 Å². The number of hydrogen-bond acceptors (Lipinski definition) is 13. The molecule has 1 aliphatic carbocycles. The number of methoxy groups -OCH3 is 4. The van der Waals surface area contributed by atoms with Crippen LogP contribution in [0.4, 0.5) is 0 Å². The van der Waals surface area contributed by atoms with Crippen LogP contribution in [0.2, 0.25) is 0 Å². The van der Waals surface area contributed by atoms with E-state index in [0.717, 1.165) is 16.9 Å². The number of hydrogen-bond donors (Lipinski definition) is 3. The fourth-order valence-corrected chi connectivity index (χ4v) is 10.9. The van der Waals surface area contributed by atoms with Gasteiger partial charge >= 0.3 is 5.97 Å². The highest BCUT2D eigenvalue weighted by Gasteiger charge is 2.56. The lowest BCUT2D eigenvalue weighted by Crippen LogP contribution is -2.64. The molecule has 2 saturated heterocycles. The van der Waals surface area contributed by atoms with Crippen molar-refractivity contribution >= 4 is 29.5 Å². The third kappa shape index (κ3) is 13.1. The predicted molar refractivity (Wildman–Crippen MR) is 254 cm³/mol. The number of fused-ring (bicyclic) bond motifs is 3. The van der Waals surface area contributed by atoms with Gasteiger partial charge in [0.15, 0.2) is 0 Å². The molecule has 374 valence electrons. The molecule has 4 aliphatic rings. The van der Waals surface area contributed by atoms with Crippen LogP contribution in [0.25, 0.3) is 6.08 Å². The molecule has 14 nitrogen and oxygen atoms in total. The van der Waals surface area contributed by atoms with Gasteiger partial charge in [-0.25, -0.2) is 4.79 Å². The third-order valence-electron chi connectivity index (χ3n) is 15.0. The highest BCUT2D eigenvalue weighted by Crippen LogP contribution is 2.41. The van der Waals surface area contributed by atoms with Crippen LogP contribution in [0.15, 0.2) is 53.6 Å². The molecule has 14 atom stereocenters. The Balaban J connectivity index is 1.47. The van der Waals surface area contributed by atoms with E-state index in [4.69, 9.17) is 28.4 Å². The number of aliphatic hydroxyl groups is 3. The van der Waals surface area contributed by atoms with Crippen molar-refractivity contribution in [2.45, 2.75) is 173 Å². The first kappa shape index (κ1) is 54.2. The standard InChI is InChI=1S/C53H79NO13/c1-11-39-25-32(2)24-33(3)26-44(63-8)48-45(64-9)28-35(5)53(61,67-48)49(57)50(58)54-23-13-12-19-41(54)51(59)66-47(36(6)42(55)31-43(39)56)34(4)27-38-20-22-52(60,46(30-38)65-10)21-15-17-37-16-14-18-40(29-37)62-7/h14-18,25,27,29,33,35-36,38-39,41-42,44-48,55,60-61H,11-13,19-24,26,28,30-31H2,1-10H3/b17-15?,32-25+,34-27?. The van der Waals surface area contributed by atoms with E-state index in [9.17, 15) is 34.5 Å². The molecule has 3 fully saturated rings. The van der Waals surface area contributed by atoms with Gasteiger partial charge in [-0.05, 0) is 120 Å². The minimum absolute atomic E-state index is 0.0193. The second-order valence-corrected chi connectivity index (χ2v) is 20.0. The molecule has 1 amide bonds. The lowest BCUT2D eigenvalue weighted by Gasteiger charge is -2.47. The number of piperidine rings is 1. The Morgan fingerprint density at radius 2 is 1.66 bits per heavy atom. The van der Waals surface area contributed by atoms with Crippen LogP contribution in [-0.2, 0) is 42.9 Å². The molecular weight excluding hydrogens is 859 g/mol. The number of allylic oxidation sites excluding steroid dienone is 3. The van der Waals surface area contributed by atoms with Crippen LogP contribution in [0, 0.1) is 29.6 Å². The Morgan fingerprint density at radius 1 is 0.940 bits per heavy atom. The maximum Gasteiger partial charge on any atom is 0.329 e. The number of ether oxygens (including phenoxy) is 6. The summed E-state index contributed by atoms with van der Waals surface area (Å²) in [4.78, 5) is 58.5. The first-order valence-corrected chi connectivity index (χ1v) is 24.5. The number of carbonyl (C=O) groups excluding carboxylic acids is 4. The van der Waals surface area contributed by atoms with Gasteiger partial charge in [-0.1, -0.05) is 69.7 Å². The first-order valence-electron chi connectivity index (χ1n) is 24.5. The average Bonchev–Trinajstić information content (AvgIpc) is 3.31. The van der Waals surface area contributed by atoms with Gasteiger partial charge in [0.25, 0.3) is 11.7 Å². The Kier molecular flexibility index (Phi) is 19.6. The van der Waals surface area contributed by atoms with Crippen molar-refractivity contribution in [3.05, 3.63) is 59.2 Å². The summed E-state index contributed by atoms with van der Waals surface area (Å²) < 4.78 is 35.7. The van der Waals surface area contributed by atoms with E-state index in [1.54, 1.807) is 28.1 Å². The van der Waals surface area contributed by atoms with E-state index >= 15 is 0 Å². The fourth-order valence-electron chi connectivity index (χ4n) is 10.9. The van der Waals surface area contributed by atoms with Crippen LogP contribution < -0.4 is 4.74 Å². The Labute approximate surface area is 398 Å². The number of carbonyl (C=O) groups is 4. The molecule has 2 bridgehead atoms. The molecule has 3 heterocycles. The molecule has 0 radical (unpaired) electrons. The van der Waals surface area contributed by atoms with E-state index in [2.05, 4.69) is 6.92 Å². The molecule has 5 rings (SSSR count). The van der Waals surface area contributed by atoms with Gasteiger partial charge in [-0.3, -0.25) is 14.4 Å². The quantitative estimate of drug-likeness (QED) is 0.124. The van der Waals surface area contributed by atoms with Crippen LogP contribution >= 0.6 is 0 Å². The minimum atomic E-state index is -2.52. The SMILES string of the molecule is CCC1/C=C(\C)CC(C)CC(OC)C2OC(O)(C(=O)C(=O)N3CCCCC3C(=O)OC(C(C)=CC3CCC(O)(CC=Cc4cccc(OC)c4)C(OC)C3)C(C)C(O)CC1=O)C(C)CC2OC. The number of Topliss-reactive ketones (excluding diaryl/α,β-unsaturated/α-hetero) is 2. The van der Waals surface area contributed by atoms with Crippen molar-refractivity contribution < 1.29 is 62.9 Å². The molecule has 1 aromatic rings. The van der Waals surface area contributed by atoms with Crippen molar-refractivity contribution in [1.29, 1.82) is 0 Å². The summed E-state index contributed by atoms with van der Waals surface area (Å²) in [6.45, 7) is 11.2. The maximum absolute atomic E-state index is 14.5. The third-order valence-corrected chi connectivity index (χ3v) is 15.0. The molecule has 14 unspecified atom stereocenters. The summed E-state index contributed by atoms with van der Waals surface area (Å²) >= 11 is 0. The number of ketones is 2. The largest absolute Gasteiger partial charge is 0.497 e. The summed E-state index contributed by atoms with van der Waals surface area (Å²) in [6, 6.07) is 6.50. The molecule has 0 spiro atoms. The van der Waals surface area contributed by atoms with Gasteiger partial charge < -0.3 is 48.6 Å². The Morgan fingerprint density at radius 3 is 2.33 bits per heavy atom. The number of nitrogens with zero attached hydrogens (tertiary/aromatic N) is 1. The van der Waals surface area contributed by atoms with E-state index < -0.39 is 89.5 Å². The van der Waals surface area contributed by atoms with Crippen molar-refractivity contribution in [3.63, 3.8) is 0 Å². The molecule has 1 saturated carbocycles. The molecular formula is C53H79NO13. The topological polar surface area (TPSA) is 188 Å². The summed E-state index contributed by atoms with van der Waals surface area (Å²) in [5.74, 6) is -7.03. The lowest BCUT2D eigenvalue weighted by molar-refractivity contribution is -0.302. The normalized spacial score (nSPS) is 37.8. The molecule has 14 heteroatoms. The van der Waals surface area contributed by atoms with E-state index in [1.165, 1.54) is 19.1 Å². The van der Waals surface area contributed by atoms with Crippen molar-refractivity contribution in [2.75, 3.05) is 35.0 Å². The van der Waals surface area contributed by atoms with Crippen molar-refractivity contribution in [1.82, 2.24) is 4.90 Å². The summed E-state index contributed by atoms with van der Waals surface area (Å²) in [7, 11) is 6.27. The summed E-state index contributed by atoms with van der Waals surface area (Å²) in [5.41, 5.74) is 1.44. The van der Waals surface area contributed by atoms with Gasteiger partial charge in [0.1, 0.15) is 29.8 Å². The summed E-state index contributed by atoms with van der Waals surface area (Å²) in [6.07, 6.45) is 7.88. The lowest BCUT2D eigenvalue weighted by atomic mass is 9.74. The molecule has 67 heavy (non-hydrogen) atoms. The van der Waals surface area contributed by atoms with Crippen molar-refractivity contribution in [3.8, 4) is 5.75 Å². The van der Waals surface area contributed by atoms with Crippen LogP contribution in [-0.4, -0.2) is 133 Å². The van der Waals surface area contributed by atoms with Gasteiger partial charge in [-0.2, -0.15) is 0 Å². The van der Waals surface area contributed by atoms with E-state index in [0.29, 0.717) is 63.4 Å². The summed E-state index contributed by atoms with van der Waals surface area (Å²) in [5, 5.41) is 35.9. The smallest absolute Gasteiger partial charge is 0.329 e. The zero-order valence-electron chi connectivity index (χ0n) is 41.6. The van der Waals surface area contributed by atoms with Gasteiger partial charge in [0, 0.05) is 52.0 Å². The number of amides is 1. The number of aliphatic hydroxyl groups excluding tert-OH is 1. The molecule has 3 N–H and O–H groups in total. The van der Waals surface area contributed by atoms with Gasteiger partial charge in [0.05, 0.1) is 37.1 Å². The van der Waals surface area contributed by atoms with Crippen LogP contribution in [0.3, 0.4) is 0 Å².